The van der Waals surface area contributed by atoms with Gasteiger partial charge in [0.25, 0.3) is 0 Å². The molecule has 2 N–H and O–H groups in total. The van der Waals surface area contributed by atoms with Gasteiger partial charge in [0, 0.05) is 5.69 Å². The van der Waals surface area contributed by atoms with Gasteiger partial charge in [-0.3, -0.25) is 14.5 Å². The molecule has 1 aromatic rings. The molecule has 2 amide bonds. The largest absolute Gasteiger partial charge is 0.349 e. The molecule has 0 saturated carbocycles. The van der Waals surface area contributed by atoms with Gasteiger partial charge in [0.05, 0.1) is 30.1 Å². The van der Waals surface area contributed by atoms with Crippen LogP contribution in [0.15, 0.2) is 18.2 Å². The van der Waals surface area contributed by atoms with Gasteiger partial charge in [-0.25, -0.2) is 8.42 Å². The molecule has 0 aliphatic carbocycles. The van der Waals surface area contributed by atoms with Crippen molar-refractivity contribution in [3.8, 4) is 0 Å². The molecule has 1 saturated heterocycles. The minimum atomic E-state index is -3.08. The van der Waals surface area contributed by atoms with Crippen LogP contribution in [-0.2, 0) is 19.4 Å². The van der Waals surface area contributed by atoms with Crippen molar-refractivity contribution >= 4 is 27.3 Å². The minimum Gasteiger partial charge on any atom is -0.349 e. The van der Waals surface area contributed by atoms with E-state index >= 15 is 0 Å². The predicted octanol–water partition coefficient (Wildman–Crippen LogP) is 0.867. The maximum atomic E-state index is 12.2. The summed E-state index contributed by atoms with van der Waals surface area (Å²) in [5.74, 6) is -0.434. The number of aryl methyl sites for hydroxylation is 1. The standard InChI is InChI=1S/C18H27N3O4S/c1-13-6-5-7-15(14(13)2)19-16(22)10-21(4)11-17(23)20-18(3)8-9-26(24,25)12-18/h5-7H,8-12H2,1-4H3,(H,19,22)(H,20,23)/t18-/m1/s1. The third-order valence-corrected chi connectivity index (χ3v) is 6.55. The van der Waals surface area contributed by atoms with E-state index in [4.69, 9.17) is 0 Å². The lowest BCUT2D eigenvalue weighted by atomic mass is 10.0. The predicted molar refractivity (Wildman–Crippen MR) is 102 cm³/mol. The van der Waals surface area contributed by atoms with Crippen LogP contribution in [0.4, 0.5) is 5.69 Å². The van der Waals surface area contributed by atoms with Crippen molar-refractivity contribution in [1.82, 2.24) is 10.2 Å². The molecule has 7 nitrogen and oxygen atoms in total. The Labute approximate surface area is 155 Å². The molecule has 1 atom stereocenters. The van der Waals surface area contributed by atoms with Crippen LogP contribution in [0.2, 0.25) is 0 Å². The lowest BCUT2D eigenvalue weighted by molar-refractivity contribution is -0.124. The molecule has 144 valence electrons. The minimum absolute atomic E-state index is 0.0237. The highest BCUT2D eigenvalue weighted by atomic mass is 32.2. The molecule has 8 heteroatoms. The Hall–Kier alpha value is -1.93. The van der Waals surface area contributed by atoms with Crippen molar-refractivity contribution < 1.29 is 18.0 Å². The van der Waals surface area contributed by atoms with E-state index in [0.717, 1.165) is 16.8 Å². The SMILES string of the molecule is Cc1cccc(NC(=O)CN(C)CC(=O)N[C@]2(C)CCS(=O)(=O)C2)c1C. The van der Waals surface area contributed by atoms with Gasteiger partial charge in [-0.1, -0.05) is 12.1 Å². The lowest BCUT2D eigenvalue weighted by Crippen LogP contribution is -2.50. The number of amides is 2. The summed E-state index contributed by atoms with van der Waals surface area (Å²) < 4.78 is 23.2. The number of nitrogens with zero attached hydrogens (tertiary/aromatic N) is 1. The summed E-state index contributed by atoms with van der Waals surface area (Å²) >= 11 is 0. The number of likely N-dealkylation sites (N-methyl/N-ethyl adjacent to an activating group) is 1. The number of sulfone groups is 1. The Kier molecular flexibility index (Phi) is 6.08. The van der Waals surface area contributed by atoms with Crippen LogP contribution in [0.25, 0.3) is 0 Å². The fourth-order valence-corrected chi connectivity index (χ4v) is 5.20. The normalized spacial score (nSPS) is 21.6. The molecule has 1 aliphatic rings. The highest BCUT2D eigenvalue weighted by Gasteiger charge is 2.39. The van der Waals surface area contributed by atoms with Gasteiger partial charge in [-0.05, 0) is 51.4 Å². The second kappa shape index (κ2) is 7.75. The highest BCUT2D eigenvalue weighted by molar-refractivity contribution is 7.91. The first-order valence-electron chi connectivity index (χ1n) is 8.56. The molecule has 2 rings (SSSR count). The van der Waals surface area contributed by atoms with Gasteiger partial charge >= 0.3 is 0 Å². The molecule has 0 radical (unpaired) electrons. The molecule has 26 heavy (non-hydrogen) atoms. The summed E-state index contributed by atoms with van der Waals surface area (Å²) in [5, 5.41) is 5.64. The smallest absolute Gasteiger partial charge is 0.238 e. The first kappa shape index (κ1) is 20.4. The van der Waals surface area contributed by atoms with Gasteiger partial charge in [0.15, 0.2) is 9.84 Å². The number of hydrogen-bond acceptors (Lipinski definition) is 5. The number of rotatable bonds is 6. The zero-order valence-electron chi connectivity index (χ0n) is 15.8. The van der Waals surface area contributed by atoms with Crippen LogP contribution in [0, 0.1) is 13.8 Å². The second-order valence-corrected chi connectivity index (χ2v) is 9.60. The Morgan fingerprint density at radius 1 is 1.19 bits per heavy atom. The summed E-state index contributed by atoms with van der Waals surface area (Å²) in [6, 6.07) is 5.70. The van der Waals surface area contributed by atoms with Gasteiger partial charge in [-0.2, -0.15) is 0 Å². The summed E-state index contributed by atoms with van der Waals surface area (Å²) in [6.45, 7) is 5.75. The molecule has 1 aromatic carbocycles. The molecule has 1 heterocycles. The van der Waals surface area contributed by atoms with Gasteiger partial charge < -0.3 is 10.6 Å². The molecule has 0 aromatic heterocycles. The van der Waals surface area contributed by atoms with Crippen LogP contribution in [-0.4, -0.2) is 62.3 Å². The molecule has 0 bridgehead atoms. The number of carbonyl (C=O) groups excluding carboxylic acids is 2. The summed E-state index contributed by atoms with van der Waals surface area (Å²) in [4.78, 5) is 26.0. The van der Waals surface area contributed by atoms with E-state index in [-0.39, 0.29) is 36.4 Å². The van der Waals surface area contributed by atoms with E-state index in [2.05, 4.69) is 10.6 Å². The number of hydrogen-bond donors (Lipinski definition) is 2. The molecular weight excluding hydrogens is 354 g/mol. The first-order chi connectivity index (χ1) is 12.0. The Balaban J connectivity index is 1.84. The zero-order chi connectivity index (χ0) is 19.5. The van der Waals surface area contributed by atoms with Crippen LogP contribution in [0.3, 0.4) is 0 Å². The van der Waals surface area contributed by atoms with E-state index in [1.165, 1.54) is 0 Å². The Morgan fingerprint density at radius 3 is 2.46 bits per heavy atom. The van der Waals surface area contributed by atoms with Crippen molar-refractivity contribution in [3.05, 3.63) is 29.3 Å². The number of carbonyl (C=O) groups is 2. The van der Waals surface area contributed by atoms with E-state index in [1.807, 2.05) is 32.0 Å². The summed E-state index contributed by atoms with van der Waals surface area (Å²) in [6.07, 6.45) is 0.415. The average Bonchev–Trinajstić information content (AvgIpc) is 2.76. The molecule has 0 unspecified atom stereocenters. The molecule has 1 fully saturated rings. The Bertz CT molecular complexity index is 807. The second-order valence-electron chi connectivity index (χ2n) is 7.42. The van der Waals surface area contributed by atoms with E-state index in [0.29, 0.717) is 6.42 Å². The van der Waals surface area contributed by atoms with Crippen molar-refractivity contribution in [2.75, 3.05) is 37.0 Å². The zero-order valence-corrected chi connectivity index (χ0v) is 16.6. The number of benzene rings is 1. The third-order valence-electron chi connectivity index (χ3n) is 4.65. The fraction of sp³-hybridized carbons (Fsp3) is 0.556. The van der Waals surface area contributed by atoms with Crippen molar-refractivity contribution in [1.29, 1.82) is 0 Å². The first-order valence-corrected chi connectivity index (χ1v) is 10.4. The monoisotopic (exact) mass is 381 g/mol. The van der Waals surface area contributed by atoms with Crippen molar-refractivity contribution in [2.45, 2.75) is 32.7 Å². The highest BCUT2D eigenvalue weighted by Crippen LogP contribution is 2.22. The Morgan fingerprint density at radius 2 is 1.85 bits per heavy atom. The van der Waals surface area contributed by atoms with Crippen LogP contribution in [0.1, 0.15) is 24.5 Å². The van der Waals surface area contributed by atoms with E-state index < -0.39 is 15.4 Å². The summed E-state index contributed by atoms with van der Waals surface area (Å²) in [5.41, 5.74) is 2.14. The summed E-state index contributed by atoms with van der Waals surface area (Å²) in [7, 11) is -1.41. The lowest BCUT2D eigenvalue weighted by Gasteiger charge is -2.25. The average molecular weight is 381 g/mol. The van der Waals surface area contributed by atoms with Crippen molar-refractivity contribution in [3.63, 3.8) is 0 Å². The van der Waals surface area contributed by atoms with Crippen molar-refractivity contribution in [2.24, 2.45) is 0 Å². The number of anilines is 1. The fourth-order valence-electron chi connectivity index (χ4n) is 3.11. The van der Waals surface area contributed by atoms with Crippen LogP contribution < -0.4 is 10.6 Å². The molecular formula is C18H27N3O4S. The van der Waals surface area contributed by atoms with Crippen LogP contribution >= 0.6 is 0 Å². The van der Waals surface area contributed by atoms with Gasteiger partial charge in [0.2, 0.25) is 11.8 Å². The van der Waals surface area contributed by atoms with Gasteiger partial charge in [-0.15, -0.1) is 0 Å². The topological polar surface area (TPSA) is 95.6 Å². The quantitative estimate of drug-likeness (QED) is 0.762. The maximum Gasteiger partial charge on any atom is 0.238 e. The van der Waals surface area contributed by atoms with Crippen LogP contribution in [0.5, 0.6) is 0 Å². The van der Waals surface area contributed by atoms with E-state index in [9.17, 15) is 18.0 Å². The van der Waals surface area contributed by atoms with Gasteiger partial charge in [0.1, 0.15) is 0 Å². The number of nitrogens with one attached hydrogen (secondary N) is 2. The van der Waals surface area contributed by atoms with E-state index in [1.54, 1.807) is 18.9 Å². The maximum absolute atomic E-state index is 12.2. The third kappa shape index (κ3) is 5.54. The molecule has 0 spiro atoms. The molecule has 1 aliphatic heterocycles.